The Bertz CT molecular complexity index is 704. The highest BCUT2D eigenvalue weighted by Crippen LogP contribution is 2.24. The molecule has 1 aliphatic heterocycles. The molecule has 1 atom stereocenters. The zero-order chi connectivity index (χ0) is 17.6. The molecule has 132 valence electrons. The number of benzene rings is 2. The van der Waals surface area contributed by atoms with Gasteiger partial charge in [0.15, 0.2) is 0 Å². The molecule has 0 aliphatic carbocycles. The first-order chi connectivity index (χ1) is 12.1. The summed E-state index contributed by atoms with van der Waals surface area (Å²) in [7, 11) is 0. The summed E-state index contributed by atoms with van der Waals surface area (Å²) in [6, 6.07) is 14.9. The molecule has 1 unspecified atom stereocenters. The largest absolute Gasteiger partial charge is 0.457 e. The molecule has 1 amide bonds. The zero-order valence-corrected chi connectivity index (χ0v) is 15.4. The first kappa shape index (κ1) is 17.9. The predicted octanol–water partition coefficient (Wildman–Crippen LogP) is 3.64. The van der Waals surface area contributed by atoms with Gasteiger partial charge in [-0.3, -0.25) is 9.69 Å². The Morgan fingerprint density at radius 2 is 1.80 bits per heavy atom. The highest BCUT2D eigenvalue weighted by molar-refractivity contribution is 9.10. The third kappa shape index (κ3) is 5.56. The number of carbonyl (C=O) groups is 1. The SMILES string of the molecule is O=C(CN1CCCC(O)C1)Nc1ccc(Oc2ccc(Br)cc2)cc1. The van der Waals surface area contributed by atoms with Crippen molar-refractivity contribution in [3.63, 3.8) is 0 Å². The summed E-state index contributed by atoms with van der Waals surface area (Å²) in [6.45, 7) is 1.71. The summed E-state index contributed by atoms with van der Waals surface area (Å²) in [6.07, 6.45) is 1.42. The van der Waals surface area contributed by atoms with Crippen LogP contribution in [-0.4, -0.2) is 41.7 Å². The molecule has 0 spiro atoms. The van der Waals surface area contributed by atoms with Crippen LogP contribution in [0.5, 0.6) is 11.5 Å². The maximum atomic E-state index is 12.1. The fraction of sp³-hybridized carbons (Fsp3) is 0.316. The number of nitrogens with one attached hydrogen (secondary N) is 1. The lowest BCUT2D eigenvalue weighted by atomic mass is 10.1. The van der Waals surface area contributed by atoms with Gasteiger partial charge in [0, 0.05) is 16.7 Å². The number of hydrogen-bond acceptors (Lipinski definition) is 4. The van der Waals surface area contributed by atoms with Crippen LogP contribution in [0.3, 0.4) is 0 Å². The smallest absolute Gasteiger partial charge is 0.238 e. The summed E-state index contributed by atoms with van der Waals surface area (Å²) in [4.78, 5) is 14.1. The number of likely N-dealkylation sites (tertiary alicyclic amines) is 1. The predicted molar refractivity (Wildman–Crippen MR) is 101 cm³/mol. The Morgan fingerprint density at radius 3 is 2.44 bits per heavy atom. The molecule has 2 N–H and O–H groups in total. The number of nitrogens with zero attached hydrogens (tertiary/aromatic N) is 1. The topological polar surface area (TPSA) is 61.8 Å². The van der Waals surface area contributed by atoms with E-state index in [1.54, 1.807) is 0 Å². The summed E-state index contributed by atoms with van der Waals surface area (Å²) < 4.78 is 6.76. The molecule has 0 saturated carbocycles. The van der Waals surface area contributed by atoms with Crippen molar-refractivity contribution >= 4 is 27.5 Å². The molecule has 3 rings (SSSR count). The number of anilines is 1. The Morgan fingerprint density at radius 1 is 1.16 bits per heavy atom. The van der Waals surface area contributed by atoms with Gasteiger partial charge in [-0.2, -0.15) is 0 Å². The van der Waals surface area contributed by atoms with Gasteiger partial charge in [0.05, 0.1) is 12.6 Å². The summed E-state index contributed by atoms with van der Waals surface area (Å²) >= 11 is 3.39. The van der Waals surface area contributed by atoms with Gasteiger partial charge < -0.3 is 15.2 Å². The quantitative estimate of drug-likeness (QED) is 0.798. The minimum Gasteiger partial charge on any atom is -0.457 e. The Kier molecular flexibility index (Phi) is 6.07. The number of ether oxygens (including phenoxy) is 1. The fourth-order valence-corrected chi connectivity index (χ4v) is 3.09. The van der Waals surface area contributed by atoms with Crippen LogP contribution < -0.4 is 10.1 Å². The second-order valence-electron chi connectivity index (χ2n) is 6.16. The van der Waals surface area contributed by atoms with Gasteiger partial charge in [0.2, 0.25) is 5.91 Å². The van der Waals surface area contributed by atoms with E-state index in [1.807, 2.05) is 53.4 Å². The molecular weight excluding hydrogens is 384 g/mol. The van der Waals surface area contributed by atoms with Crippen LogP contribution >= 0.6 is 15.9 Å². The summed E-state index contributed by atoms with van der Waals surface area (Å²) in [5.41, 5.74) is 0.728. The number of halogens is 1. The first-order valence-corrected chi connectivity index (χ1v) is 9.11. The van der Waals surface area contributed by atoms with Crippen molar-refractivity contribution < 1.29 is 14.6 Å². The standard InChI is InChI=1S/C19H21BrN2O3/c20-14-3-7-17(8-4-14)25-18-9-5-15(6-10-18)21-19(24)13-22-11-1-2-16(23)12-22/h3-10,16,23H,1-2,11-13H2,(H,21,24). The van der Waals surface area contributed by atoms with E-state index in [9.17, 15) is 9.90 Å². The molecule has 1 fully saturated rings. The number of hydrogen-bond donors (Lipinski definition) is 2. The zero-order valence-electron chi connectivity index (χ0n) is 13.8. The lowest BCUT2D eigenvalue weighted by molar-refractivity contribution is -0.118. The van der Waals surface area contributed by atoms with Crippen molar-refractivity contribution in [3.8, 4) is 11.5 Å². The molecule has 1 saturated heterocycles. The van der Waals surface area contributed by atoms with E-state index in [1.165, 1.54) is 0 Å². The number of piperidine rings is 1. The van der Waals surface area contributed by atoms with Crippen molar-refractivity contribution in [3.05, 3.63) is 53.0 Å². The molecule has 5 nitrogen and oxygen atoms in total. The molecule has 2 aromatic rings. The number of amides is 1. The molecule has 1 aliphatic rings. The van der Waals surface area contributed by atoms with Gasteiger partial charge in [-0.15, -0.1) is 0 Å². The first-order valence-electron chi connectivity index (χ1n) is 8.32. The summed E-state index contributed by atoms with van der Waals surface area (Å²) in [5, 5.41) is 12.5. The Balaban J connectivity index is 1.51. The third-order valence-corrected chi connectivity index (χ3v) is 4.56. The monoisotopic (exact) mass is 404 g/mol. The van der Waals surface area contributed by atoms with E-state index in [0.29, 0.717) is 18.8 Å². The van der Waals surface area contributed by atoms with E-state index in [2.05, 4.69) is 21.2 Å². The second kappa shape index (κ2) is 8.47. The minimum absolute atomic E-state index is 0.0734. The molecule has 6 heteroatoms. The number of aliphatic hydroxyl groups is 1. The van der Waals surface area contributed by atoms with Crippen LogP contribution in [0, 0.1) is 0 Å². The lowest BCUT2D eigenvalue weighted by Gasteiger charge is -2.29. The summed E-state index contributed by atoms with van der Waals surface area (Å²) in [5.74, 6) is 1.39. The van der Waals surface area contributed by atoms with Gasteiger partial charge in [-0.05, 0) is 67.9 Å². The van der Waals surface area contributed by atoms with E-state index >= 15 is 0 Å². The number of aliphatic hydroxyl groups excluding tert-OH is 1. The van der Waals surface area contributed by atoms with E-state index in [-0.39, 0.29) is 12.0 Å². The van der Waals surface area contributed by atoms with Crippen molar-refractivity contribution in [1.82, 2.24) is 4.90 Å². The van der Waals surface area contributed by atoms with Gasteiger partial charge in [-0.1, -0.05) is 15.9 Å². The van der Waals surface area contributed by atoms with E-state index < -0.39 is 0 Å². The van der Waals surface area contributed by atoms with Crippen LogP contribution in [0.25, 0.3) is 0 Å². The molecule has 0 aromatic heterocycles. The lowest BCUT2D eigenvalue weighted by Crippen LogP contribution is -2.42. The van der Waals surface area contributed by atoms with E-state index in [4.69, 9.17) is 4.74 Å². The van der Waals surface area contributed by atoms with Crippen LogP contribution in [0.4, 0.5) is 5.69 Å². The van der Waals surface area contributed by atoms with Gasteiger partial charge in [0.25, 0.3) is 0 Å². The highest BCUT2D eigenvalue weighted by atomic mass is 79.9. The Labute approximate surface area is 155 Å². The van der Waals surface area contributed by atoms with Crippen molar-refractivity contribution in [2.24, 2.45) is 0 Å². The van der Waals surface area contributed by atoms with E-state index in [0.717, 1.165) is 35.3 Å². The fourth-order valence-electron chi connectivity index (χ4n) is 2.82. The molecule has 2 aromatic carbocycles. The van der Waals surface area contributed by atoms with Crippen molar-refractivity contribution in [2.45, 2.75) is 18.9 Å². The van der Waals surface area contributed by atoms with Crippen LogP contribution in [0.2, 0.25) is 0 Å². The number of β-amino-alcohol motifs (C(OH)–C–C–N with tert-alkyl or cyclic N) is 1. The maximum Gasteiger partial charge on any atom is 0.238 e. The van der Waals surface area contributed by atoms with Crippen LogP contribution in [0.1, 0.15) is 12.8 Å². The van der Waals surface area contributed by atoms with Gasteiger partial charge >= 0.3 is 0 Å². The van der Waals surface area contributed by atoms with Crippen LogP contribution in [-0.2, 0) is 4.79 Å². The average molecular weight is 405 g/mol. The van der Waals surface area contributed by atoms with Gasteiger partial charge in [-0.25, -0.2) is 0 Å². The van der Waals surface area contributed by atoms with Gasteiger partial charge in [0.1, 0.15) is 11.5 Å². The minimum atomic E-state index is -0.323. The number of carbonyl (C=O) groups excluding carboxylic acids is 1. The maximum absolute atomic E-state index is 12.1. The molecule has 0 bridgehead atoms. The molecular formula is C19H21BrN2O3. The molecule has 25 heavy (non-hydrogen) atoms. The normalized spacial score (nSPS) is 17.9. The van der Waals surface area contributed by atoms with Crippen molar-refractivity contribution in [1.29, 1.82) is 0 Å². The number of rotatable bonds is 5. The van der Waals surface area contributed by atoms with Crippen LogP contribution in [0.15, 0.2) is 53.0 Å². The third-order valence-electron chi connectivity index (χ3n) is 4.04. The highest BCUT2D eigenvalue weighted by Gasteiger charge is 2.19. The molecule has 1 heterocycles. The van der Waals surface area contributed by atoms with Crippen molar-refractivity contribution in [2.75, 3.05) is 25.0 Å². The Hall–Kier alpha value is -1.89. The molecule has 0 radical (unpaired) electrons. The second-order valence-corrected chi connectivity index (χ2v) is 7.08. The average Bonchev–Trinajstić information content (AvgIpc) is 2.59.